The molecule has 1 unspecified atom stereocenters. The molecule has 0 aromatic heterocycles. The predicted octanol–water partition coefficient (Wildman–Crippen LogP) is 5.03. The second kappa shape index (κ2) is 7.81. The minimum Gasteiger partial charge on any atom is -0.309 e. The fraction of sp³-hybridized carbons (Fsp3) is 0.250. The molecule has 20 heavy (non-hydrogen) atoms. The van der Waals surface area contributed by atoms with Crippen molar-refractivity contribution in [2.75, 3.05) is 12.3 Å². The first-order valence-electron chi connectivity index (χ1n) is 6.57. The van der Waals surface area contributed by atoms with Crippen LogP contribution in [0.5, 0.6) is 0 Å². The highest BCUT2D eigenvalue weighted by Crippen LogP contribution is 2.27. The number of halogens is 2. The molecule has 1 N–H and O–H groups in total. The summed E-state index contributed by atoms with van der Waals surface area (Å²) in [5, 5.41) is 3.35. The molecule has 1 atom stereocenters. The Hall–Kier alpha value is -0.840. The van der Waals surface area contributed by atoms with Gasteiger partial charge in [-0.15, -0.1) is 11.8 Å². The highest BCUT2D eigenvalue weighted by atomic mass is 79.9. The number of benzene rings is 2. The van der Waals surface area contributed by atoms with E-state index < -0.39 is 0 Å². The molecule has 4 heteroatoms. The van der Waals surface area contributed by atoms with Gasteiger partial charge < -0.3 is 5.32 Å². The van der Waals surface area contributed by atoms with Crippen LogP contribution in [0.1, 0.15) is 18.5 Å². The van der Waals surface area contributed by atoms with Gasteiger partial charge in [0.2, 0.25) is 0 Å². The Morgan fingerprint density at radius 2 is 2.00 bits per heavy atom. The molecule has 0 aliphatic heterocycles. The maximum atomic E-state index is 13.9. The maximum Gasteiger partial charge on any atom is 0.128 e. The molecule has 0 saturated heterocycles. The van der Waals surface area contributed by atoms with Crippen LogP contribution < -0.4 is 5.32 Å². The Bertz CT molecular complexity index is 562. The van der Waals surface area contributed by atoms with Crippen molar-refractivity contribution in [3.63, 3.8) is 0 Å². The lowest BCUT2D eigenvalue weighted by molar-refractivity contribution is 0.545. The highest BCUT2D eigenvalue weighted by Gasteiger charge is 2.14. The number of hydrogen-bond donors (Lipinski definition) is 1. The third kappa shape index (κ3) is 4.33. The minimum absolute atomic E-state index is 0.0187. The van der Waals surface area contributed by atoms with Gasteiger partial charge in [0.05, 0.1) is 0 Å². The summed E-state index contributed by atoms with van der Waals surface area (Å²) in [5.41, 5.74) is 0.733. The normalized spacial score (nSPS) is 12.3. The lowest BCUT2D eigenvalue weighted by Crippen LogP contribution is -2.23. The van der Waals surface area contributed by atoms with Crippen LogP contribution in [-0.2, 0) is 0 Å². The van der Waals surface area contributed by atoms with Crippen LogP contribution in [0.3, 0.4) is 0 Å². The van der Waals surface area contributed by atoms with Gasteiger partial charge in [0.25, 0.3) is 0 Å². The Kier molecular flexibility index (Phi) is 6.07. The van der Waals surface area contributed by atoms with Crippen LogP contribution in [-0.4, -0.2) is 12.3 Å². The van der Waals surface area contributed by atoms with Gasteiger partial charge in [-0.3, -0.25) is 0 Å². The lowest BCUT2D eigenvalue weighted by atomic mass is 10.1. The number of rotatable bonds is 6. The first-order chi connectivity index (χ1) is 9.70. The summed E-state index contributed by atoms with van der Waals surface area (Å²) in [7, 11) is 0. The Morgan fingerprint density at radius 1 is 1.20 bits per heavy atom. The van der Waals surface area contributed by atoms with E-state index in [1.807, 2.05) is 31.2 Å². The van der Waals surface area contributed by atoms with Gasteiger partial charge in [0, 0.05) is 26.7 Å². The zero-order valence-corrected chi connectivity index (χ0v) is 13.7. The SMILES string of the molecule is CCNC(CSc1cccc(Br)c1)c1ccccc1F. The summed E-state index contributed by atoms with van der Waals surface area (Å²) in [6.07, 6.45) is 0. The molecule has 106 valence electrons. The van der Waals surface area contributed by atoms with E-state index in [0.29, 0.717) is 0 Å². The average molecular weight is 354 g/mol. The fourth-order valence-electron chi connectivity index (χ4n) is 2.00. The smallest absolute Gasteiger partial charge is 0.128 e. The molecule has 0 aliphatic carbocycles. The van der Waals surface area contributed by atoms with Gasteiger partial charge in [-0.25, -0.2) is 4.39 Å². The summed E-state index contributed by atoms with van der Waals surface area (Å²) in [6, 6.07) is 15.2. The summed E-state index contributed by atoms with van der Waals surface area (Å²) in [4.78, 5) is 1.18. The van der Waals surface area contributed by atoms with E-state index in [0.717, 1.165) is 22.3 Å². The van der Waals surface area contributed by atoms with Crippen LogP contribution in [0.2, 0.25) is 0 Å². The average Bonchev–Trinajstić information content (AvgIpc) is 2.44. The van der Waals surface area contributed by atoms with Gasteiger partial charge in [-0.05, 0) is 30.8 Å². The van der Waals surface area contributed by atoms with Gasteiger partial charge >= 0.3 is 0 Å². The predicted molar refractivity (Wildman–Crippen MR) is 87.7 cm³/mol. The molecule has 0 radical (unpaired) electrons. The van der Waals surface area contributed by atoms with Crippen molar-refractivity contribution in [1.29, 1.82) is 0 Å². The monoisotopic (exact) mass is 353 g/mol. The van der Waals surface area contributed by atoms with Crippen molar-refractivity contribution in [2.45, 2.75) is 17.9 Å². The molecule has 2 aromatic carbocycles. The van der Waals surface area contributed by atoms with Crippen molar-refractivity contribution in [3.05, 3.63) is 64.4 Å². The summed E-state index contributed by atoms with van der Waals surface area (Å²) in [6.45, 7) is 2.86. The van der Waals surface area contributed by atoms with E-state index in [1.54, 1.807) is 17.8 Å². The molecule has 2 aromatic rings. The number of thioether (sulfide) groups is 1. The molecule has 0 spiro atoms. The molecule has 0 fully saturated rings. The van der Waals surface area contributed by atoms with Crippen LogP contribution in [0.25, 0.3) is 0 Å². The van der Waals surface area contributed by atoms with Gasteiger partial charge in [-0.2, -0.15) is 0 Å². The molecular formula is C16H17BrFNS. The first kappa shape index (κ1) is 15.5. The van der Waals surface area contributed by atoms with Crippen LogP contribution >= 0.6 is 27.7 Å². The third-order valence-corrected chi connectivity index (χ3v) is 4.52. The summed E-state index contributed by atoms with van der Waals surface area (Å²) in [5.74, 6) is 0.652. The standard InChI is InChI=1S/C16H17BrFNS/c1-2-19-16(14-8-3-4-9-15(14)18)11-20-13-7-5-6-12(17)10-13/h3-10,16,19H,2,11H2,1H3. The minimum atomic E-state index is -0.145. The molecule has 0 aliphatic rings. The fourth-order valence-corrected chi connectivity index (χ4v) is 3.59. The van der Waals surface area contributed by atoms with Gasteiger partial charge in [0.15, 0.2) is 0 Å². The van der Waals surface area contributed by atoms with E-state index in [2.05, 4.69) is 33.4 Å². The molecule has 0 amide bonds. The van der Waals surface area contributed by atoms with Gasteiger partial charge in [-0.1, -0.05) is 47.1 Å². The van der Waals surface area contributed by atoms with E-state index in [-0.39, 0.29) is 11.9 Å². The Morgan fingerprint density at radius 3 is 2.70 bits per heavy atom. The largest absolute Gasteiger partial charge is 0.309 e. The first-order valence-corrected chi connectivity index (χ1v) is 8.34. The second-order valence-electron chi connectivity index (χ2n) is 4.40. The lowest BCUT2D eigenvalue weighted by Gasteiger charge is -2.18. The Balaban J connectivity index is 2.08. The molecule has 1 nitrogen and oxygen atoms in total. The maximum absolute atomic E-state index is 13.9. The van der Waals surface area contributed by atoms with Crippen LogP contribution in [0.4, 0.5) is 4.39 Å². The zero-order valence-electron chi connectivity index (χ0n) is 11.3. The van der Waals surface area contributed by atoms with E-state index in [4.69, 9.17) is 0 Å². The molecule has 2 rings (SSSR count). The molecule has 0 bridgehead atoms. The molecular weight excluding hydrogens is 337 g/mol. The quantitative estimate of drug-likeness (QED) is 0.730. The third-order valence-electron chi connectivity index (χ3n) is 2.94. The van der Waals surface area contributed by atoms with Gasteiger partial charge in [0.1, 0.15) is 5.82 Å². The Labute approximate surface area is 132 Å². The van der Waals surface area contributed by atoms with Crippen LogP contribution in [0.15, 0.2) is 57.9 Å². The van der Waals surface area contributed by atoms with Crippen molar-refractivity contribution >= 4 is 27.7 Å². The topological polar surface area (TPSA) is 12.0 Å². The number of hydrogen-bond acceptors (Lipinski definition) is 2. The summed E-state index contributed by atoms with van der Waals surface area (Å²) < 4.78 is 15.0. The van der Waals surface area contributed by atoms with Crippen molar-refractivity contribution in [3.8, 4) is 0 Å². The highest BCUT2D eigenvalue weighted by molar-refractivity contribution is 9.10. The van der Waals surface area contributed by atoms with E-state index in [9.17, 15) is 4.39 Å². The zero-order chi connectivity index (χ0) is 14.4. The summed E-state index contributed by atoms with van der Waals surface area (Å²) >= 11 is 5.19. The number of nitrogens with one attached hydrogen (secondary N) is 1. The van der Waals surface area contributed by atoms with Crippen molar-refractivity contribution in [1.82, 2.24) is 5.32 Å². The van der Waals surface area contributed by atoms with E-state index >= 15 is 0 Å². The molecule has 0 heterocycles. The second-order valence-corrected chi connectivity index (χ2v) is 6.41. The van der Waals surface area contributed by atoms with Crippen molar-refractivity contribution in [2.24, 2.45) is 0 Å². The van der Waals surface area contributed by atoms with Crippen molar-refractivity contribution < 1.29 is 4.39 Å². The van der Waals surface area contributed by atoms with E-state index in [1.165, 1.54) is 11.0 Å². The molecule has 0 saturated carbocycles. The van der Waals surface area contributed by atoms with Crippen LogP contribution in [0, 0.1) is 5.82 Å².